The van der Waals surface area contributed by atoms with Crippen LogP contribution in [0.5, 0.6) is 0 Å². The van der Waals surface area contributed by atoms with Crippen molar-refractivity contribution in [3.8, 4) is 11.1 Å². The number of fused-ring (bicyclic) bond motifs is 1. The van der Waals surface area contributed by atoms with Crippen molar-refractivity contribution < 1.29 is 13.2 Å². The molecule has 0 aliphatic heterocycles. The van der Waals surface area contributed by atoms with Gasteiger partial charge in [0.1, 0.15) is 0 Å². The lowest BCUT2D eigenvalue weighted by molar-refractivity contribution is -0.137. The van der Waals surface area contributed by atoms with Crippen LogP contribution in [0.3, 0.4) is 0 Å². The van der Waals surface area contributed by atoms with E-state index in [1.54, 1.807) is 24.3 Å². The normalized spacial score (nSPS) is 11.6. The number of aromatic nitrogens is 1. The lowest BCUT2D eigenvalue weighted by Gasteiger charge is -2.07. The molecule has 0 aliphatic carbocycles. The molecule has 22 heavy (non-hydrogen) atoms. The first kappa shape index (κ1) is 14.3. The predicted octanol–water partition coefficient (Wildman–Crippen LogP) is 4.28. The molecule has 0 N–H and O–H groups in total. The van der Waals surface area contributed by atoms with E-state index in [2.05, 4.69) is 4.98 Å². The summed E-state index contributed by atoms with van der Waals surface area (Å²) in [5.41, 5.74) is 0.462. The van der Waals surface area contributed by atoms with Crippen LogP contribution < -0.4 is 5.56 Å². The van der Waals surface area contributed by atoms with Gasteiger partial charge < -0.3 is 0 Å². The van der Waals surface area contributed by atoms with Crippen molar-refractivity contribution in [2.24, 2.45) is 0 Å². The Morgan fingerprint density at radius 3 is 2.18 bits per heavy atom. The van der Waals surface area contributed by atoms with Gasteiger partial charge in [-0.15, -0.1) is 0 Å². The summed E-state index contributed by atoms with van der Waals surface area (Å²) < 4.78 is 37.8. The van der Waals surface area contributed by atoms with Crippen LogP contribution in [-0.4, -0.2) is 4.98 Å². The summed E-state index contributed by atoms with van der Waals surface area (Å²) in [6, 6.07) is 14.9. The van der Waals surface area contributed by atoms with Gasteiger partial charge in [-0.3, -0.25) is 4.79 Å². The van der Waals surface area contributed by atoms with E-state index in [1.807, 2.05) is 6.07 Å². The molecule has 1 heterocycles. The zero-order valence-corrected chi connectivity index (χ0v) is 11.3. The molecule has 0 radical (unpaired) electrons. The molecule has 3 rings (SSSR count). The van der Waals surface area contributed by atoms with E-state index in [-0.39, 0.29) is 0 Å². The van der Waals surface area contributed by atoms with Crippen molar-refractivity contribution in [1.29, 1.82) is 0 Å². The topological polar surface area (TPSA) is 30.0 Å². The maximum absolute atomic E-state index is 12.6. The largest absolute Gasteiger partial charge is 0.416 e. The number of benzene rings is 2. The van der Waals surface area contributed by atoms with Gasteiger partial charge in [0, 0.05) is 11.5 Å². The van der Waals surface area contributed by atoms with Crippen molar-refractivity contribution in [2.45, 2.75) is 6.18 Å². The molecule has 0 aliphatic rings. The smallest absolute Gasteiger partial charge is 0.267 e. The summed E-state index contributed by atoms with van der Waals surface area (Å²) in [7, 11) is 0. The summed E-state index contributed by atoms with van der Waals surface area (Å²) in [6.07, 6.45) is -4.38. The molecule has 3 aromatic rings. The van der Waals surface area contributed by atoms with Crippen LogP contribution in [0.1, 0.15) is 5.56 Å². The van der Waals surface area contributed by atoms with Crippen molar-refractivity contribution in [1.82, 2.24) is 4.98 Å². The monoisotopic (exact) mass is 301 g/mol. The van der Waals surface area contributed by atoms with Crippen molar-refractivity contribution in [2.75, 3.05) is 0 Å². The van der Waals surface area contributed by atoms with Crippen LogP contribution in [0.25, 0.3) is 22.0 Å². The van der Waals surface area contributed by atoms with E-state index in [9.17, 15) is 18.0 Å². The van der Waals surface area contributed by atoms with Crippen LogP contribution in [0.4, 0.5) is 13.2 Å². The van der Waals surface area contributed by atoms with Gasteiger partial charge in [0.2, 0.25) is 0 Å². The number of hydrogen-bond donors (Lipinski definition) is 0. The lowest BCUT2D eigenvalue weighted by Crippen LogP contribution is -2.04. The molecule has 2 nitrogen and oxygen atoms in total. The van der Waals surface area contributed by atoms with Crippen LogP contribution in [0.15, 0.2) is 65.5 Å². The molecule has 0 fully saturated rings. The first-order chi connectivity index (χ1) is 10.4. The standard InChI is InChI=1S/C17H10F3NO/c18-17(19,20)14-7-5-11(6-8-14)13-9-12-3-1-2-4-15(12)21-16(22)10-13/h1-10H. The summed E-state index contributed by atoms with van der Waals surface area (Å²) in [5, 5.41) is 0.750. The van der Waals surface area contributed by atoms with E-state index in [0.717, 1.165) is 17.5 Å². The number of hydrogen-bond acceptors (Lipinski definition) is 2. The Bertz CT molecular complexity index is 886. The third-order valence-corrected chi connectivity index (χ3v) is 3.30. The third kappa shape index (κ3) is 2.83. The lowest BCUT2D eigenvalue weighted by atomic mass is 10.0. The van der Waals surface area contributed by atoms with Gasteiger partial charge in [-0.25, -0.2) is 4.98 Å². The minimum Gasteiger partial charge on any atom is -0.267 e. The number of halogens is 3. The Hall–Kier alpha value is -2.69. The second kappa shape index (κ2) is 5.26. The molecule has 0 spiro atoms. The van der Waals surface area contributed by atoms with Gasteiger partial charge in [0.25, 0.3) is 5.56 Å². The Labute approximate surface area is 123 Å². The minimum atomic E-state index is -4.38. The van der Waals surface area contributed by atoms with Gasteiger partial charge in [-0.1, -0.05) is 30.3 Å². The van der Waals surface area contributed by atoms with Crippen LogP contribution in [0, 0.1) is 0 Å². The van der Waals surface area contributed by atoms with Crippen LogP contribution >= 0.6 is 0 Å². The molecule has 110 valence electrons. The van der Waals surface area contributed by atoms with E-state index in [1.165, 1.54) is 18.2 Å². The summed E-state index contributed by atoms with van der Waals surface area (Å²) >= 11 is 0. The second-order valence-corrected chi connectivity index (χ2v) is 4.83. The predicted molar refractivity (Wildman–Crippen MR) is 78.5 cm³/mol. The molecule has 0 saturated carbocycles. The zero-order chi connectivity index (χ0) is 15.7. The van der Waals surface area contributed by atoms with Gasteiger partial charge in [-0.2, -0.15) is 13.2 Å². The first-order valence-corrected chi connectivity index (χ1v) is 6.52. The average molecular weight is 301 g/mol. The highest BCUT2D eigenvalue weighted by molar-refractivity contribution is 5.82. The summed E-state index contributed by atoms with van der Waals surface area (Å²) in [4.78, 5) is 15.8. The molecule has 1 aromatic heterocycles. The third-order valence-electron chi connectivity index (χ3n) is 3.30. The molecule has 0 amide bonds. The molecule has 0 saturated heterocycles. The summed E-state index contributed by atoms with van der Waals surface area (Å²) in [5.74, 6) is 0. The highest BCUT2D eigenvalue weighted by Gasteiger charge is 2.29. The van der Waals surface area contributed by atoms with Gasteiger partial charge in [0.05, 0.1) is 11.1 Å². The fourth-order valence-corrected chi connectivity index (χ4v) is 2.22. The van der Waals surface area contributed by atoms with E-state index < -0.39 is 17.3 Å². The second-order valence-electron chi connectivity index (χ2n) is 4.83. The minimum absolute atomic E-state index is 0.434. The van der Waals surface area contributed by atoms with Crippen molar-refractivity contribution in [3.63, 3.8) is 0 Å². The van der Waals surface area contributed by atoms with E-state index >= 15 is 0 Å². The van der Waals surface area contributed by atoms with Crippen molar-refractivity contribution >= 4 is 10.9 Å². The first-order valence-electron chi connectivity index (χ1n) is 6.52. The molecule has 5 heteroatoms. The Kier molecular flexibility index (Phi) is 3.41. The molecule has 2 aromatic carbocycles. The Balaban J connectivity index is 2.16. The maximum Gasteiger partial charge on any atom is 0.416 e. The molecule has 0 atom stereocenters. The fourth-order valence-electron chi connectivity index (χ4n) is 2.22. The van der Waals surface area contributed by atoms with Gasteiger partial charge in [0.15, 0.2) is 0 Å². The van der Waals surface area contributed by atoms with Crippen LogP contribution in [-0.2, 0) is 6.18 Å². The maximum atomic E-state index is 12.6. The highest BCUT2D eigenvalue weighted by atomic mass is 19.4. The quantitative estimate of drug-likeness (QED) is 0.671. The highest BCUT2D eigenvalue weighted by Crippen LogP contribution is 2.31. The summed E-state index contributed by atoms with van der Waals surface area (Å²) in [6.45, 7) is 0. The molecule has 0 bridgehead atoms. The Morgan fingerprint density at radius 1 is 0.818 bits per heavy atom. The van der Waals surface area contributed by atoms with E-state index in [4.69, 9.17) is 0 Å². The van der Waals surface area contributed by atoms with Gasteiger partial charge in [-0.05, 0) is 35.4 Å². The number of rotatable bonds is 1. The number of alkyl halides is 3. The Morgan fingerprint density at radius 2 is 1.50 bits per heavy atom. The van der Waals surface area contributed by atoms with E-state index in [0.29, 0.717) is 16.6 Å². The molecular formula is C17H10F3NO. The van der Waals surface area contributed by atoms with Gasteiger partial charge >= 0.3 is 6.18 Å². The SMILES string of the molecule is O=c1cc(-c2ccc(C(F)(F)F)cc2)cc2ccccc2n1. The number of para-hydroxylation sites is 1. The number of nitrogens with zero attached hydrogens (tertiary/aromatic N) is 1. The molecule has 0 unspecified atom stereocenters. The van der Waals surface area contributed by atoms with Crippen molar-refractivity contribution in [3.05, 3.63) is 76.6 Å². The fraction of sp³-hybridized carbons (Fsp3) is 0.0588. The van der Waals surface area contributed by atoms with Crippen LogP contribution in [0.2, 0.25) is 0 Å². The molecular weight excluding hydrogens is 291 g/mol. The average Bonchev–Trinajstić information content (AvgIpc) is 2.64. The zero-order valence-electron chi connectivity index (χ0n) is 11.3.